The van der Waals surface area contributed by atoms with Gasteiger partial charge >= 0.3 is 0 Å². The van der Waals surface area contributed by atoms with Crippen molar-refractivity contribution in [2.45, 2.75) is 18.9 Å². The Labute approximate surface area is 44.2 Å². The predicted molar refractivity (Wildman–Crippen MR) is 30.9 cm³/mol. The Hall–Kier alpha value is -0.300. The van der Waals surface area contributed by atoms with Crippen LogP contribution in [0.25, 0.3) is 0 Å². The van der Waals surface area contributed by atoms with Crippen LogP contribution in [0.4, 0.5) is 0 Å². The monoisotopic (exact) mass is 97.1 g/mol. The number of hydrogen-bond acceptors (Lipinski definition) is 1. The summed E-state index contributed by atoms with van der Waals surface area (Å²) in [4.78, 5) is 0. The molecular formula is C6H11N. The zero-order valence-corrected chi connectivity index (χ0v) is 4.43. The summed E-state index contributed by atoms with van der Waals surface area (Å²) in [6.07, 6.45) is 4.30. The van der Waals surface area contributed by atoms with Gasteiger partial charge in [-0.25, -0.2) is 0 Å². The summed E-state index contributed by atoms with van der Waals surface area (Å²) in [6, 6.07) is 0.475. The molecule has 0 aromatic rings. The molecule has 2 N–H and O–H groups in total. The van der Waals surface area contributed by atoms with Crippen LogP contribution in [0.1, 0.15) is 12.8 Å². The first-order valence-electron chi connectivity index (χ1n) is 2.71. The maximum absolute atomic E-state index is 5.50. The molecule has 0 amide bonds. The molecule has 0 bridgehead atoms. The second-order valence-corrected chi connectivity index (χ2v) is 2.23. The topological polar surface area (TPSA) is 26.0 Å². The van der Waals surface area contributed by atoms with Crippen LogP contribution in [0.2, 0.25) is 0 Å². The van der Waals surface area contributed by atoms with Gasteiger partial charge in [-0.15, -0.1) is 6.58 Å². The van der Waals surface area contributed by atoms with Gasteiger partial charge in [-0.3, -0.25) is 0 Å². The van der Waals surface area contributed by atoms with Crippen molar-refractivity contribution in [2.75, 3.05) is 0 Å². The maximum Gasteiger partial charge on any atom is 0.00500 e. The van der Waals surface area contributed by atoms with Crippen LogP contribution in [0.15, 0.2) is 12.7 Å². The lowest BCUT2D eigenvalue weighted by atomic mass is 9.81. The van der Waals surface area contributed by atoms with E-state index in [-0.39, 0.29) is 0 Å². The van der Waals surface area contributed by atoms with Crippen LogP contribution in [0.5, 0.6) is 0 Å². The van der Waals surface area contributed by atoms with Gasteiger partial charge in [0, 0.05) is 6.04 Å². The molecule has 1 aliphatic rings. The van der Waals surface area contributed by atoms with Gasteiger partial charge in [-0.1, -0.05) is 6.08 Å². The molecule has 1 rings (SSSR count). The minimum absolute atomic E-state index is 0.475. The van der Waals surface area contributed by atoms with Gasteiger partial charge in [0.05, 0.1) is 0 Å². The first-order chi connectivity index (χ1) is 3.33. The largest absolute Gasteiger partial charge is 0.328 e. The highest BCUT2D eigenvalue weighted by molar-refractivity contribution is 4.92. The number of hydrogen-bond donors (Lipinski definition) is 1. The van der Waals surface area contributed by atoms with Gasteiger partial charge in [-0.05, 0) is 18.8 Å². The standard InChI is InChI=1S/C6H11N/c1-2-5-3-6(7)4-5/h2,5-6H,1,3-4,7H2/t5-,6-. The summed E-state index contributed by atoms with van der Waals surface area (Å²) in [7, 11) is 0. The van der Waals surface area contributed by atoms with Gasteiger partial charge in [0.1, 0.15) is 0 Å². The average Bonchev–Trinajstić information content (AvgIpc) is 1.58. The number of allylic oxidation sites excluding steroid dienone is 1. The minimum atomic E-state index is 0.475. The van der Waals surface area contributed by atoms with Crippen LogP contribution in [0.3, 0.4) is 0 Å². The molecule has 1 saturated carbocycles. The second kappa shape index (κ2) is 1.66. The predicted octanol–water partition coefficient (Wildman–Crippen LogP) is 0.910. The van der Waals surface area contributed by atoms with Gasteiger partial charge in [0.2, 0.25) is 0 Å². The fourth-order valence-corrected chi connectivity index (χ4v) is 0.901. The Bertz CT molecular complexity index is 72.2. The lowest BCUT2D eigenvalue weighted by Crippen LogP contribution is -2.34. The Balaban J connectivity index is 2.17. The van der Waals surface area contributed by atoms with Crippen molar-refractivity contribution < 1.29 is 0 Å². The summed E-state index contributed by atoms with van der Waals surface area (Å²) in [5.41, 5.74) is 5.50. The summed E-state index contributed by atoms with van der Waals surface area (Å²) in [6.45, 7) is 3.66. The van der Waals surface area contributed by atoms with Crippen molar-refractivity contribution in [3.63, 3.8) is 0 Å². The Kier molecular flexibility index (Phi) is 1.15. The molecule has 0 atom stereocenters. The molecule has 0 aliphatic heterocycles. The van der Waals surface area contributed by atoms with E-state index >= 15 is 0 Å². The lowest BCUT2D eigenvalue weighted by molar-refractivity contribution is 0.324. The molecule has 1 nitrogen and oxygen atoms in total. The Morgan fingerprint density at radius 2 is 2.14 bits per heavy atom. The molecule has 0 unspecified atom stereocenters. The van der Waals surface area contributed by atoms with Crippen molar-refractivity contribution >= 4 is 0 Å². The van der Waals surface area contributed by atoms with Crippen LogP contribution < -0.4 is 5.73 Å². The zero-order chi connectivity index (χ0) is 5.28. The molecule has 0 aromatic carbocycles. The number of rotatable bonds is 1. The first kappa shape index (κ1) is 4.85. The van der Waals surface area contributed by atoms with E-state index in [1.807, 2.05) is 6.08 Å². The molecular weight excluding hydrogens is 86.1 g/mol. The molecule has 0 heterocycles. The third kappa shape index (κ3) is 0.829. The van der Waals surface area contributed by atoms with Crippen LogP contribution in [0, 0.1) is 5.92 Å². The van der Waals surface area contributed by atoms with Crippen LogP contribution in [-0.2, 0) is 0 Å². The SMILES string of the molecule is C=C[C@H]1C[C@H](N)C1. The van der Waals surface area contributed by atoms with Crippen molar-refractivity contribution in [2.24, 2.45) is 11.7 Å². The summed E-state index contributed by atoms with van der Waals surface area (Å²) in [5, 5.41) is 0. The van der Waals surface area contributed by atoms with Gasteiger partial charge in [0.25, 0.3) is 0 Å². The van der Waals surface area contributed by atoms with Crippen molar-refractivity contribution in [3.05, 3.63) is 12.7 Å². The average molecular weight is 97.2 g/mol. The van der Waals surface area contributed by atoms with Gasteiger partial charge in [-0.2, -0.15) is 0 Å². The molecule has 7 heavy (non-hydrogen) atoms. The molecule has 40 valence electrons. The van der Waals surface area contributed by atoms with Crippen molar-refractivity contribution in [1.82, 2.24) is 0 Å². The van der Waals surface area contributed by atoms with E-state index in [1.54, 1.807) is 0 Å². The number of nitrogens with two attached hydrogens (primary N) is 1. The Morgan fingerprint density at radius 3 is 2.29 bits per heavy atom. The smallest absolute Gasteiger partial charge is 0.00500 e. The summed E-state index contributed by atoms with van der Waals surface area (Å²) in [5.74, 6) is 0.731. The molecule has 0 radical (unpaired) electrons. The fraction of sp³-hybridized carbons (Fsp3) is 0.667. The molecule has 1 aliphatic carbocycles. The molecule has 1 heteroatoms. The fourth-order valence-electron chi connectivity index (χ4n) is 0.901. The summed E-state index contributed by atoms with van der Waals surface area (Å²) >= 11 is 0. The first-order valence-corrected chi connectivity index (χ1v) is 2.71. The highest BCUT2D eigenvalue weighted by Gasteiger charge is 2.21. The van der Waals surface area contributed by atoms with E-state index in [2.05, 4.69) is 6.58 Å². The minimum Gasteiger partial charge on any atom is -0.328 e. The maximum atomic E-state index is 5.50. The van der Waals surface area contributed by atoms with Gasteiger partial charge in [0.15, 0.2) is 0 Å². The highest BCUT2D eigenvalue weighted by atomic mass is 14.7. The third-order valence-electron chi connectivity index (χ3n) is 1.54. The van der Waals surface area contributed by atoms with E-state index in [1.165, 1.54) is 0 Å². The molecule has 0 aromatic heterocycles. The van der Waals surface area contributed by atoms with E-state index in [9.17, 15) is 0 Å². The van der Waals surface area contributed by atoms with Crippen molar-refractivity contribution in [1.29, 1.82) is 0 Å². The third-order valence-corrected chi connectivity index (χ3v) is 1.54. The Morgan fingerprint density at radius 1 is 1.57 bits per heavy atom. The summed E-state index contributed by atoms with van der Waals surface area (Å²) < 4.78 is 0. The molecule has 0 spiro atoms. The highest BCUT2D eigenvalue weighted by Crippen LogP contribution is 2.25. The van der Waals surface area contributed by atoms with E-state index in [4.69, 9.17) is 5.73 Å². The quantitative estimate of drug-likeness (QED) is 0.483. The van der Waals surface area contributed by atoms with Crippen LogP contribution >= 0.6 is 0 Å². The molecule has 0 saturated heterocycles. The second-order valence-electron chi connectivity index (χ2n) is 2.23. The zero-order valence-electron chi connectivity index (χ0n) is 4.43. The van der Waals surface area contributed by atoms with E-state index < -0.39 is 0 Å². The lowest BCUT2D eigenvalue weighted by Gasteiger charge is -2.29. The van der Waals surface area contributed by atoms with Crippen molar-refractivity contribution in [3.8, 4) is 0 Å². The normalized spacial score (nSPS) is 39.6. The van der Waals surface area contributed by atoms with E-state index in [0.29, 0.717) is 6.04 Å². The van der Waals surface area contributed by atoms with Gasteiger partial charge < -0.3 is 5.73 Å². The molecule has 1 fully saturated rings. The van der Waals surface area contributed by atoms with E-state index in [0.717, 1.165) is 18.8 Å². The van der Waals surface area contributed by atoms with Crippen LogP contribution in [-0.4, -0.2) is 6.04 Å².